The van der Waals surface area contributed by atoms with Crippen LogP contribution in [0.25, 0.3) is 0 Å². The number of hydrogen-bond acceptors (Lipinski definition) is 3. The van der Waals surface area contributed by atoms with Crippen molar-refractivity contribution in [3.8, 4) is 0 Å². The van der Waals surface area contributed by atoms with E-state index in [0.717, 1.165) is 13.0 Å². The van der Waals surface area contributed by atoms with Crippen LogP contribution in [0.5, 0.6) is 0 Å². The van der Waals surface area contributed by atoms with Crippen molar-refractivity contribution in [2.24, 2.45) is 0 Å². The van der Waals surface area contributed by atoms with Crippen LogP contribution < -0.4 is 5.32 Å². The molecule has 0 aliphatic carbocycles. The van der Waals surface area contributed by atoms with Gasteiger partial charge in [0.05, 0.1) is 6.61 Å². The van der Waals surface area contributed by atoms with Gasteiger partial charge in [-0.25, -0.2) is 0 Å². The molecule has 1 N–H and O–H groups in total. The van der Waals surface area contributed by atoms with E-state index in [1.54, 1.807) is 7.11 Å². The summed E-state index contributed by atoms with van der Waals surface area (Å²) in [5, 5.41) is 3.45. The Morgan fingerprint density at radius 3 is 2.77 bits per heavy atom. The van der Waals surface area contributed by atoms with Crippen molar-refractivity contribution in [1.29, 1.82) is 0 Å². The van der Waals surface area contributed by atoms with Crippen molar-refractivity contribution in [2.45, 2.75) is 38.3 Å². The van der Waals surface area contributed by atoms with Crippen molar-refractivity contribution in [3.05, 3.63) is 35.9 Å². The molecule has 1 atom stereocenters. The highest BCUT2D eigenvalue weighted by Crippen LogP contribution is 2.13. The zero-order valence-corrected chi connectivity index (χ0v) is 14.1. The Labute approximate surface area is 139 Å². The number of ether oxygens (including phenoxy) is 1. The highest BCUT2D eigenvalue weighted by molar-refractivity contribution is 5.85. The molecule has 0 saturated carbocycles. The van der Waals surface area contributed by atoms with Crippen LogP contribution in [-0.2, 0) is 16.1 Å². The predicted molar refractivity (Wildman–Crippen MR) is 91.2 cm³/mol. The summed E-state index contributed by atoms with van der Waals surface area (Å²) in [6, 6.07) is 10.7. The summed E-state index contributed by atoms with van der Waals surface area (Å²) in [6.45, 7) is 3.00. The second kappa shape index (κ2) is 10.6. The van der Waals surface area contributed by atoms with Crippen molar-refractivity contribution < 1.29 is 9.53 Å². The monoisotopic (exact) mass is 326 g/mol. The molecule has 0 radical (unpaired) electrons. The summed E-state index contributed by atoms with van der Waals surface area (Å²) in [4.78, 5) is 14.4. The van der Waals surface area contributed by atoms with Gasteiger partial charge in [0, 0.05) is 32.7 Å². The second-order valence-corrected chi connectivity index (χ2v) is 5.63. The fourth-order valence-corrected chi connectivity index (χ4v) is 2.76. The van der Waals surface area contributed by atoms with E-state index in [2.05, 4.69) is 17.4 Å². The zero-order chi connectivity index (χ0) is 14.9. The Bertz CT molecular complexity index is 422. The lowest BCUT2D eigenvalue weighted by atomic mass is 10.1. The first-order chi connectivity index (χ1) is 10.3. The van der Waals surface area contributed by atoms with Crippen LogP contribution in [-0.4, -0.2) is 43.7 Å². The van der Waals surface area contributed by atoms with E-state index in [0.29, 0.717) is 32.2 Å². The first-order valence-electron chi connectivity index (χ1n) is 7.83. The van der Waals surface area contributed by atoms with Crippen LogP contribution in [0.4, 0.5) is 0 Å². The Balaban J connectivity index is 0.00000242. The first kappa shape index (κ1) is 18.9. The molecule has 1 aliphatic rings. The van der Waals surface area contributed by atoms with Crippen molar-refractivity contribution in [2.75, 3.05) is 26.8 Å². The third-order valence-corrected chi connectivity index (χ3v) is 4.00. The van der Waals surface area contributed by atoms with E-state index >= 15 is 0 Å². The van der Waals surface area contributed by atoms with Gasteiger partial charge in [-0.1, -0.05) is 30.3 Å². The summed E-state index contributed by atoms with van der Waals surface area (Å²) in [6.07, 6.45) is 3.99. The van der Waals surface area contributed by atoms with E-state index in [4.69, 9.17) is 4.74 Å². The highest BCUT2D eigenvalue weighted by Gasteiger charge is 2.18. The van der Waals surface area contributed by atoms with E-state index in [9.17, 15) is 4.79 Å². The molecular formula is C17H27ClN2O2. The summed E-state index contributed by atoms with van der Waals surface area (Å²) in [5.74, 6) is 0.226. The fourth-order valence-electron chi connectivity index (χ4n) is 2.76. The average Bonchev–Trinajstić information content (AvgIpc) is 3.03. The second-order valence-electron chi connectivity index (χ2n) is 5.63. The molecule has 1 unspecified atom stereocenters. The summed E-state index contributed by atoms with van der Waals surface area (Å²) in [7, 11) is 1.67. The molecule has 1 saturated heterocycles. The smallest absolute Gasteiger partial charge is 0.223 e. The van der Waals surface area contributed by atoms with Crippen molar-refractivity contribution >= 4 is 18.3 Å². The lowest BCUT2D eigenvalue weighted by Crippen LogP contribution is -2.34. The minimum absolute atomic E-state index is 0. The van der Waals surface area contributed by atoms with Gasteiger partial charge < -0.3 is 15.0 Å². The number of hydrogen-bond donors (Lipinski definition) is 1. The molecule has 22 heavy (non-hydrogen) atoms. The van der Waals surface area contributed by atoms with Crippen LogP contribution in [0.2, 0.25) is 0 Å². The van der Waals surface area contributed by atoms with Gasteiger partial charge >= 0.3 is 0 Å². The molecule has 1 heterocycles. The quantitative estimate of drug-likeness (QED) is 0.798. The first-order valence-corrected chi connectivity index (χ1v) is 7.83. The van der Waals surface area contributed by atoms with Gasteiger partial charge in [-0.3, -0.25) is 4.79 Å². The van der Waals surface area contributed by atoms with Gasteiger partial charge in [-0.2, -0.15) is 0 Å². The topological polar surface area (TPSA) is 41.6 Å². The Hall–Kier alpha value is -1.10. The van der Waals surface area contributed by atoms with Gasteiger partial charge in [0.15, 0.2) is 0 Å². The molecule has 0 bridgehead atoms. The van der Waals surface area contributed by atoms with Crippen LogP contribution >= 0.6 is 12.4 Å². The van der Waals surface area contributed by atoms with E-state index in [1.807, 2.05) is 23.1 Å². The number of methoxy groups -OCH3 is 1. The molecule has 0 spiro atoms. The molecule has 1 aromatic rings. The Morgan fingerprint density at radius 2 is 2.14 bits per heavy atom. The van der Waals surface area contributed by atoms with Crippen molar-refractivity contribution in [1.82, 2.24) is 10.2 Å². The number of benzene rings is 1. The van der Waals surface area contributed by atoms with E-state index in [1.165, 1.54) is 18.4 Å². The molecule has 0 aromatic heterocycles. The molecule has 1 fully saturated rings. The Morgan fingerprint density at radius 1 is 1.36 bits per heavy atom. The third-order valence-electron chi connectivity index (χ3n) is 4.00. The van der Waals surface area contributed by atoms with E-state index < -0.39 is 0 Å². The van der Waals surface area contributed by atoms with Gasteiger partial charge in [-0.05, 0) is 31.4 Å². The predicted octanol–water partition coefficient (Wildman–Crippen LogP) is 2.62. The minimum atomic E-state index is 0. The third kappa shape index (κ3) is 6.34. The maximum absolute atomic E-state index is 12.5. The summed E-state index contributed by atoms with van der Waals surface area (Å²) >= 11 is 0. The SMILES string of the molecule is COCCN(Cc1ccccc1)C(=O)CCC1CCCN1.Cl. The van der Waals surface area contributed by atoms with Gasteiger partial charge in [0.25, 0.3) is 0 Å². The largest absolute Gasteiger partial charge is 0.383 e. The lowest BCUT2D eigenvalue weighted by molar-refractivity contribution is -0.132. The summed E-state index contributed by atoms with van der Waals surface area (Å²) < 4.78 is 5.13. The molecule has 1 amide bonds. The number of halogens is 1. The number of nitrogens with one attached hydrogen (secondary N) is 1. The summed E-state index contributed by atoms with van der Waals surface area (Å²) in [5.41, 5.74) is 1.17. The normalized spacial score (nSPS) is 17.0. The maximum atomic E-state index is 12.5. The molecule has 1 aromatic carbocycles. The van der Waals surface area contributed by atoms with E-state index in [-0.39, 0.29) is 18.3 Å². The van der Waals surface area contributed by atoms with Crippen LogP contribution in [0, 0.1) is 0 Å². The number of carbonyl (C=O) groups excluding carboxylic acids is 1. The van der Waals surface area contributed by atoms with Crippen LogP contribution in [0.3, 0.4) is 0 Å². The molecule has 2 rings (SSSR count). The molecular weight excluding hydrogens is 300 g/mol. The number of amides is 1. The van der Waals surface area contributed by atoms with Gasteiger partial charge in [0.2, 0.25) is 5.91 Å². The van der Waals surface area contributed by atoms with Gasteiger partial charge in [-0.15, -0.1) is 12.4 Å². The molecule has 4 nitrogen and oxygen atoms in total. The number of rotatable bonds is 8. The van der Waals surface area contributed by atoms with Crippen LogP contribution in [0.15, 0.2) is 30.3 Å². The maximum Gasteiger partial charge on any atom is 0.223 e. The number of carbonyl (C=O) groups is 1. The standard InChI is InChI=1S/C17H26N2O2.ClH/c1-21-13-12-19(14-15-6-3-2-4-7-15)17(20)10-9-16-8-5-11-18-16;/h2-4,6-7,16,18H,5,8-14H2,1H3;1H. The Kier molecular flexibility index (Phi) is 9.13. The van der Waals surface area contributed by atoms with Crippen molar-refractivity contribution in [3.63, 3.8) is 0 Å². The van der Waals surface area contributed by atoms with Gasteiger partial charge in [0.1, 0.15) is 0 Å². The minimum Gasteiger partial charge on any atom is -0.383 e. The zero-order valence-electron chi connectivity index (χ0n) is 13.3. The fraction of sp³-hybridized carbons (Fsp3) is 0.588. The lowest BCUT2D eigenvalue weighted by Gasteiger charge is -2.23. The average molecular weight is 327 g/mol. The molecule has 124 valence electrons. The highest BCUT2D eigenvalue weighted by atomic mass is 35.5. The molecule has 1 aliphatic heterocycles. The van der Waals surface area contributed by atoms with Crippen LogP contribution in [0.1, 0.15) is 31.2 Å². The molecule has 5 heteroatoms. The number of nitrogens with zero attached hydrogens (tertiary/aromatic N) is 1.